The first-order chi connectivity index (χ1) is 12.0. The molecule has 5 nitrogen and oxygen atoms in total. The molecule has 0 amide bonds. The van der Waals surface area contributed by atoms with Gasteiger partial charge in [0, 0.05) is 17.3 Å². The van der Waals surface area contributed by atoms with E-state index in [9.17, 15) is 0 Å². The molecule has 0 radical (unpaired) electrons. The van der Waals surface area contributed by atoms with Crippen LogP contribution in [0.25, 0.3) is 0 Å². The van der Waals surface area contributed by atoms with Gasteiger partial charge in [-0.3, -0.25) is 0 Å². The van der Waals surface area contributed by atoms with Gasteiger partial charge in [-0.15, -0.1) is 6.58 Å². The highest BCUT2D eigenvalue weighted by molar-refractivity contribution is 7.71. The van der Waals surface area contributed by atoms with E-state index >= 15 is 0 Å². The third kappa shape index (κ3) is 3.97. The van der Waals surface area contributed by atoms with Crippen molar-refractivity contribution in [3.63, 3.8) is 0 Å². The van der Waals surface area contributed by atoms with Crippen LogP contribution in [0.15, 0.2) is 30.9 Å². The normalized spacial score (nSPS) is 15.6. The van der Waals surface area contributed by atoms with Crippen molar-refractivity contribution in [1.82, 2.24) is 14.3 Å². The van der Waals surface area contributed by atoms with E-state index in [0.29, 0.717) is 6.54 Å². The zero-order chi connectivity index (χ0) is 18.0. The molecule has 1 fully saturated rings. The average Bonchev–Trinajstić information content (AvgIpc) is 2.86. The Hall–Kier alpha value is -1.63. The highest BCUT2D eigenvalue weighted by atomic mass is 35.5. The van der Waals surface area contributed by atoms with E-state index in [2.05, 4.69) is 35.6 Å². The Morgan fingerprint density at radius 1 is 1.32 bits per heavy atom. The Morgan fingerprint density at radius 3 is 2.72 bits per heavy atom. The summed E-state index contributed by atoms with van der Waals surface area (Å²) in [5.74, 6) is 0.942. The van der Waals surface area contributed by atoms with Crippen LogP contribution in [-0.2, 0) is 13.2 Å². The molecule has 0 bridgehead atoms. The third-order valence-corrected chi connectivity index (χ3v) is 5.44. The number of hydrogen-bond acceptors (Lipinski definition) is 3. The molecule has 25 heavy (non-hydrogen) atoms. The number of piperazine rings is 1. The van der Waals surface area contributed by atoms with E-state index in [-0.39, 0.29) is 0 Å². The second-order valence-corrected chi connectivity index (χ2v) is 7.36. The van der Waals surface area contributed by atoms with Crippen LogP contribution >= 0.6 is 23.8 Å². The van der Waals surface area contributed by atoms with Gasteiger partial charge in [0.05, 0.1) is 26.2 Å². The zero-order valence-electron chi connectivity index (χ0n) is 14.8. The van der Waals surface area contributed by atoms with Gasteiger partial charge in [0.25, 0.3) is 0 Å². The second-order valence-electron chi connectivity index (χ2n) is 6.55. The highest BCUT2D eigenvalue weighted by Gasteiger charge is 2.22. The van der Waals surface area contributed by atoms with Gasteiger partial charge >= 0.3 is 0 Å². The Labute approximate surface area is 159 Å². The molecular weight excluding hydrogens is 354 g/mol. The van der Waals surface area contributed by atoms with Crippen molar-refractivity contribution in [3.8, 4) is 0 Å². The van der Waals surface area contributed by atoms with E-state index in [1.165, 1.54) is 16.2 Å². The summed E-state index contributed by atoms with van der Waals surface area (Å²) in [6.45, 7) is 13.6. The number of nitrogens with zero attached hydrogens (tertiary/aromatic N) is 4. The fourth-order valence-electron chi connectivity index (χ4n) is 3.35. The maximum atomic E-state index is 6.17. The monoisotopic (exact) mass is 378 g/mol. The molecule has 0 saturated carbocycles. The molecule has 0 unspecified atom stereocenters. The fourth-order valence-corrected chi connectivity index (χ4v) is 3.83. The van der Waals surface area contributed by atoms with Gasteiger partial charge in [-0.25, -0.2) is 0 Å². The molecule has 1 aromatic heterocycles. The van der Waals surface area contributed by atoms with Gasteiger partial charge in [-0.1, -0.05) is 23.7 Å². The molecule has 1 aliphatic rings. The molecule has 2 heterocycles. The summed E-state index contributed by atoms with van der Waals surface area (Å²) in [4.78, 5) is 3.92. The van der Waals surface area contributed by atoms with Crippen molar-refractivity contribution in [2.75, 3.05) is 31.1 Å². The Balaban J connectivity index is 1.65. The number of quaternary nitrogens is 1. The van der Waals surface area contributed by atoms with E-state index in [0.717, 1.165) is 48.5 Å². The Bertz CT molecular complexity index is 817. The number of benzene rings is 1. The molecule has 1 aliphatic heterocycles. The first-order valence-corrected chi connectivity index (χ1v) is 9.38. The summed E-state index contributed by atoms with van der Waals surface area (Å²) in [5.41, 5.74) is 2.52. The number of halogens is 1. The number of anilines is 1. The number of aromatic nitrogens is 3. The molecular formula is C18H25ClN5S+. The van der Waals surface area contributed by atoms with E-state index < -0.39 is 0 Å². The van der Waals surface area contributed by atoms with Gasteiger partial charge in [-0.2, -0.15) is 9.78 Å². The third-order valence-electron chi connectivity index (χ3n) is 4.78. The number of allylic oxidation sites excluding steroid dienone is 1. The van der Waals surface area contributed by atoms with E-state index in [1.54, 1.807) is 0 Å². The second kappa shape index (κ2) is 7.72. The minimum Gasteiger partial charge on any atom is -0.360 e. The lowest BCUT2D eigenvalue weighted by atomic mass is 10.1. The molecule has 134 valence electrons. The van der Waals surface area contributed by atoms with Gasteiger partial charge < -0.3 is 14.4 Å². The predicted molar refractivity (Wildman–Crippen MR) is 105 cm³/mol. The molecule has 3 rings (SSSR count). The Morgan fingerprint density at radius 2 is 2.04 bits per heavy atom. The first kappa shape index (κ1) is 18.2. The van der Waals surface area contributed by atoms with Crippen molar-refractivity contribution in [2.45, 2.75) is 27.1 Å². The summed E-state index contributed by atoms with van der Waals surface area (Å²) in [7, 11) is 0. The molecule has 0 atom stereocenters. The van der Waals surface area contributed by atoms with Crippen molar-refractivity contribution >= 4 is 29.5 Å². The fraction of sp³-hybridized carbons (Fsp3) is 0.444. The smallest absolute Gasteiger partial charge is 0.203 e. The van der Waals surface area contributed by atoms with E-state index in [4.69, 9.17) is 23.8 Å². The first-order valence-electron chi connectivity index (χ1n) is 8.59. The molecule has 0 spiro atoms. The van der Waals surface area contributed by atoms with Crippen LogP contribution in [0.2, 0.25) is 5.02 Å². The largest absolute Gasteiger partial charge is 0.360 e. The van der Waals surface area contributed by atoms with Crippen molar-refractivity contribution in [2.24, 2.45) is 0 Å². The number of nitrogens with one attached hydrogen (secondary N) is 1. The number of rotatable bonds is 5. The topological polar surface area (TPSA) is 30.4 Å². The van der Waals surface area contributed by atoms with Gasteiger partial charge in [0.1, 0.15) is 5.82 Å². The summed E-state index contributed by atoms with van der Waals surface area (Å²) in [6, 6.07) is 6.11. The average molecular weight is 379 g/mol. The lowest BCUT2D eigenvalue weighted by Crippen LogP contribution is -3.14. The SMILES string of the molecule is C=CCn1c(C)nn(C[NH+]2CCN(c3cc(Cl)ccc3C)CC2)c1=S. The van der Waals surface area contributed by atoms with Gasteiger partial charge in [-0.05, 0) is 43.8 Å². The van der Waals surface area contributed by atoms with Crippen molar-refractivity contribution in [3.05, 3.63) is 52.0 Å². The van der Waals surface area contributed by atoms with Crippen molar-refractivity contribution in [1.29, 1.82) is 0 Å². The van der Waals surface area contributed by atoms with Crippen LogP contribution in [-0.4, -0.2) is 40.5 Å². The molecule has 1 saturated heterocycles. The summed E-state index contributed by atoms with van der Waals surface area (Å²) in [6.07, 6.45) is 1.85. The maximum absolute atomic E-state index is 6.17. The lowest BCUT2D eigenvalue weighted by molar-refractivity contribution is -0.924. The molecule has 1 aromatic carbocycles. The summed E-state index contributed by atoms with van der Waals surface area (Å²) >= 11 is 11.7. The van der Waals surface area contributed by atoms with Crippen LogP contribution in [0.5, 0.6) is 0 Å². The minimum atomic E-state index is 0.710. The van der Waals surface area contributed by atoms with Crippen LogP contribution in [0, 0.1) is 18.6 Å². The van der Waals surface area contributed by atoms with Crippen LogP contribution in [0.3, 0.4) is 0 Å². The van der Waals surface area contributed by atoms with Gasteiger partial charge in [0.2, 0.25) is 4.77 Å². The van der Waals surface area contributed by atoms with Crippen LogP contribution < -0.4 is 9.80 Å². The number of aryl methyl sites for hydroxylation is 2. The molecule has 0 aliphatic carbocycles. The van der Waals surface area contributed by atoms with E-state index in [1.807, 2.05) is 28.3 Å². The molecule has 7 heteroatoms. The van der Waals surface area contributed by atoms with Crippen molar-refractivity contribution < 1.29 is 4.90 Å². The van der Waals surface area contributed by atoms with Crippen LogP contribution in [0.1, 0.15) is 11.4 Å². The standard InChI is InChI=1S/C18H24ClN5S/c1-4-7-23-15(3)20-24(18(23)25)13-21-8-10-22(11-9-21)17-12-16(19)6-5-14(17)2/h4-6,12H,1,7-11,13H2,2-3H3/p+1. The lowest BCUT2D eigenvalue weighted by Gasteiger charge is -2.34. The molecule has 1 N–H and O–H groups in total. The minimum absolute atomic E-state index is 0.710. The van der Waals surface area contributed by atoms with Crippen LogP contribution in [0.4, 0.5) is 5.69 Å². The Kier molecular flexibility index (Phi) is 5.61. The quantitative estimate of drug-likeness (QED) is 0.639. The summed E-state index contributed by atoms with van der Waals surface area (Å²) < 4.78 is 4.75. The predicted octanol–water partition coefficient (Wildman–Crippen LogP) is 2.23. The maximum Gasteiger partial charge on any atom is 0.203 e. The highest BCUT2D eigenvalue weighted by Crippen LogP contribution is 2.24. The molecule has 2 aromatic rings. The zero-order valence-corrected chi connectivity index (χ0v) is 16.4. The number of hydrogen-bond donors (Lipinski definition) is 1. The van der Waals surface area contributed by atoms with Gasteiger partial charge in [0.15, 0.2) is 6.67 Å². The summed E-state index contributed by atoms with van der Waals surface area (Å²) in [5, 5.41) is 5.40.